The highest BCUT2D eigenvalue weighted by Gasteiger charge is 2.39. The minimum Gasteiger partial charge on any atom is -0.392 e. The molecule has 0 aromatic heterocycles. The molecule has 1 aliphatic rings. The molecule has 0 spiro atoms. The third-order valence-electron chi connectivity index (χ3n) is 4.28. The van der Waals surface area contributed by atoms with Gasteiger partial charge in [-0.05, 0) is 36.5 Å². The summed E-state index contributed by atoms with van der Waals surface area (Å²) in [7, 11) is 0. The van der Waals surface area contributed by atoms with Gasteiger partial charge in [0.05, 0.1) is 6.10 Å². The molecular weight excluding hydrogens is 319 g/mol. The fourth-order valence-electron chi connectivity index (χ4n) is 3.03. The Morgan fingerprint density at radius 2 is 1.76 bits per heavy atom. The summed E-state index contributed by atoms with van der Waals surface area (Å²) in [5.74, 6) is -3.26. The molecule has 0 bridgehead atoms. The van der Waals surface area contributed by atoms with E-state index < -0.39 is 17.9 Å². The van der Waals surface area contributed by atoms with Gasteiger partial charge in [0.25, 0.3) is 0 Å². The molecule has 0 heterocycles. The second-order valence-corrected chi connectivity index (χ2v) is 6.48. The van der Waals surface area contributed by atoms with Crippen molar-refractivity contribution < 1.29 is 13.9 Å². The third kappa shape index (κ3) is 3.86. The van der Waals surface area contributed by atoms with Crippen molar-refractivity contribution >= 4 is 23.2 Å². The number of aliphatic hydroxyl groups excluding tert-OH is 1. The molecule has 2 atom stereocenters. The highest BCUT2D eigenvalue weighted by atomic mass is 35.5. The van der Waals surface area contributed by atoms with Crippen molar-refractivity contribution in [3.05, 3.63) is 33.8 Å². The van der Waals surface area contributed by atoms with E-state index in [0.29, 0.717) is 15.6 Å². The summed E-state index contributed by atoms with van der Waals surface area (Å²) in [6, 6.07) is 5.09. The zero-order chi connectivity index (χ0) is 15.6. The van der Waals surface area contributed by atoms with Crippen LogP contribution in [0.25, 0.3) is 0 Å². The molecule has 0 aliphatic heterocycles. The Bertz CT molecular complexity index is 468. The predicted molar refractivity (Wildman–Crippen MR) is 81.2 cm³/mol. The Morgan fingerprint density at radius 1 is 1.24 bits per heavy atom. The summed E-state index contributed by atoms with van der Waals surface area (Å²) in [6.45, 7) is 0.164. The van der Waals surface area contributed by atoms with Gasteiger partial charge < -0.3 is 10.8 Å². The Kier molecular flexibility index (Phi) is 5.47. The lowest BCUT2D eigenvalue weighted by Gasteiger charge is -2.35. The Morgan fingerprint density at radius 3 is 2.24 bits per heavy atom. The second-order valence-electron chi connectivity index (χ2n) is 5.66. The molecule has 2 rings (SSSR count). The number of hydrogen-bond donors (Lipinski definition) is 2. The van der Waals surface area contributed by atoms with E-state index in [4.69, 9.17) is 28.9 Å². The van der Waals surface area contributed by atoms with E-state index >= 15 is 0 Å². The van der Waals surface area contributed by atoms with Crippen molar-refractivity contribution in [2.24, 2.45) is 11.7 Å². The van der Waals surface area contributed by atoms with Gasteiger partial charge >= 0.3 is 0 Å². The quantitative estimate of drug-likeness (QED) is 0.863. The first-order chi connectivity index (χ1) is 9.85. The van der Waals surface area contributed by atoms with E-state index in [2.05, 4.69) is 0 Å². The number of rotatable bonds is 4. The molecule has 1 aromatic rings. The van der Waals surface area contributed by atoms with Crippen molar-refractivity contribution in [2.45, 2.75) is 43.6 Å². The topological polar surface area (TPSA) is 46.2 Å². The van der Waals surface area contributed by atoms with Crippen LogP contribution in [-0.4, -0.2) is 23.7 Å². The first-order valence-electron chi connectivity index (χ1n) is 7.05. The van der Waals surface area contributed by atoms with Crippen LogP contribution in [-0.2, 0) is 0 Å². The van der Waals surface area contributed by atoms with E-state index in [-0.39, 0.29) is 38.1 Å². The smallest absolute Gasteiger partial charge is 0.248 e. The van der Waals surface area contributed by atoms with Gasteiger partial charge in [-0.15, -0.1) is 0 Å². The number of aliphatic hydroxyl groups is 1. The highest BCUT2D eigenvalue weighted by Crippen LogP contribution is 2.42. The van der Waals surface area contributed by atoms with Crippen molar-refractivity contribution in [1.29, 1.82) is 0 Å². The van der Waals surface area contributed by atoms with Gasteiger partial charge in [0.1, 0.15) is 0 Å². The lowest BCUT2D eigenvalue weighted by atomic mass is 9.77. The zero-order valence-corrected chi connectivity index (χ0v) is 13.0. The summed E-state index contributed by atoms with van der Waals surface area (Å²) >= 11 is 12.3. The average Bonchev–Trinajstić information content (AvgIpc) is 2.42. The van der Waals surface area contributed by atoms with Crippen molar-refractivity contribution in [3.8, 4) is 0 Å². The van der Waals surface area contributed by atoms with Crippen LogP contribution < -0.4 is 5.73 Å². The lowest BCUT2D eigenvalue weighted by molar-refractivity contribution is -0.0651. The molecule has 6 heteroatoms. The largest absolute Gasteiger partial charge is 0.392 e. The number of halogens is 4. The van der Waals surface area contributed by atoms with Gasteiger partial charge in [0.2, 0.25) is 5.92 Å². The number of hydrogen-bond acceptors (Lipinski definition) is 2. The first kappa shape index (κ1) is 16.9. The van der Waals surface area contributed by atoms with Crippen LogP contribution in [0.2, 0.25) is 10.0 Å². The van der Waals surface area contributed by atoms with Gasteiger partial charge in [-0.25, -0.2) is 8.78 Å². The fourth-order valence-corrected chi connectivity index (χ4v) is 3.70. The SMILES string of the molecule is NCC(c1c(Cl)cccc1Cl)C(O)C1CCC(F)(F)CC1. The maximum Gasteiger partial charge on any atom is 0.248 e. The van der Waals surface area contributed by atoms with Crippen molar-refractivity contribution in [2.75, 3.05) is 6.54 Å². The highest BCUT2D eigenvalue weighted by molar-refractivity contribution is 6.36. The summed E-state index contributed by atoms with van der Waals surface area (Å²) in [6.07, 6.45) is -0.632. The molecule has 3 N–H and O–H groups in total. The Balaban J connectivity index is 2.18. The van der Waals surface area contributed by atoms with Crippen LogP contribution in [0.15, 0.2) is 18.2 Å². The zero-order valence-electron chi connectivity index (χ0n) is 11.5. The third-order valence-corrected chi connectivity index (χ3v) is 4.94. The minimum absolute atomic E-state index is 0.164. The number of benzene rings is 1. The first-order valence-corrected chi connectivity index (χ1v) is 7.81. The van der Waals surface area contributed by atoms with Gasteiger partial charge in [-0.1, -0.05) is 29.3 Å². The van der Waals surface area contributed by atoms with Gasteiger partial charge in [-0.3, -0.25) is 0 Å². The molecule has 1 aromatic carbocycles. The van der Waals surface area contributed by atoms with Crippen LogP contribution in [0.3, 0.4) is 0 Å². The van der Waals surface area contributed by atoms with Crippen LogP contribution >= 0.6 is 23.2 Å². The van der Waals surface area contributed by atoms with Gasteiger partial charge in [0, 0.05) is 35.3 Å². The maximum absolute atomic E-state index is 13.2. The molecule has 1 aliphatic carbocycles. The van der Waals surface area contributed by atoms with Crippen LogP contribution in [0, 0.1) is 5.92 Å². The Hall–Kier alpha value is -0.420. The summed E-state index contributed by atoms with van der Waals surface area (Å²) in [5, 5.41) is 11.4. The van der Waals surface area contributed by atoms with Crippen LogP contribution in [0.5, 0.6) is 0 Å². The molecule has 118 valence electrons. The molecule has 1 fully saturated rings. The summed E-state index contributed by atoms with van der Waals surface area (Å²) in [4.78, 5) is 0. The van der Waals surface area contributed by atoms with Crippen LogP contribution in [0.4, 0.5) is 8.78 Å². The van der Waals surface area contributed by atoms with Gasteiger partial charge in [-0.2, -0.15) is 0 Å². The van der Waals surface area contributed by atoms with E-state index in [1.54, 1.807) is 18.2 Å². The standard InChI is InChI=1S/C15H19Cl2F2NO/c16-11-2-1-3-12(17)13(11)10(8-20)14(21)9-4-6-15(18,19)7-5-9/h1-3,9-10,14,21H,4-8,20H2. The van der Waals surface area contributed by atoms with E-state index in [0.717, 1.165) is 0 Å². The van der Waals surface area contributed by atoms with Gasteiger partial charge in [0.15, 0.2) is 0 Å². The van der Waals surface area contributed by atoms with Crippen molar-refractivity contribution in [3.63, 3.8) is 0 Å². The molecule has 1 saturated carbocycles. The molecule has 21 heavy (non-hydrogen) atoms. The molecule has 0 saturated heterocycles. The molecule has 2 unspecified atom stereocenters. The Labute approximate surface area is 133 Å². The summed E-state index contributed by atoms with van der Waals surface area (Å²) < 4.78 is 26.5. The monoisotopic (exact) mass is 337 g/mol. The van der Waals surface area contributed by atoms with Crippen molar-refractivity contribution in [1.82, 2.24) is 0 Å². The van der Waals surface area contributed by atoms with Crippen LogP contribution in [0.1, 0.15) is 37.2 Å². The second kappa shape index (κ2) is 6.78. The number of nitrogens with two attached hydrogens (primary N) is 1. The fraction of sp³-hybridized carbons (Fsp3) is 0.600. The number of alkyl halides is 2. The minimum atomic E-state index is -2.61. The maximum atomic E-state index is 13.2. The molecule has 2 nitrogen and oxygen atoms in total. The predicted octanol–water partition coefficient (Wildman–Crippen LogP) is 4.22. The molecular formula is C15H19Cl2F2NO. The molecule has 0 radical (unpaired) electrons. The lowest BCUT2D eigenvalue weighted by Crippen LogP contribution is -2.37. The summed E-state index contributed by atoms with van der Waals surface area (Å²) in [5.41, 5.74) is 6.38. The average molecular weight is 338 g/mol. The van der Waals surface area contributed by atoms with E-state index in [1.807, 2.05) is 0 Å². The van der Waals surface area contributed by atoms with E-state index in [9.17, 15) is 13.9 Å². The molecule has 0 amide bonds. The van der Waals surface area contributed by atoms with E-state index in [1.165, 1.54) is 0 Å². The normalized spacial score (nSPS) is 22.0.